The van der Waals surface area contributed by atoms with Crippen molar-refractivity contribution in [2.24, 2.45) is 39.9 Å². The quantitative estimate of drug-likeness (QED) is 0.176. The normalized spacial score (nSPS) is 26.0. The van der Waals surface area contributed by atoms with Gasteiger partial charge in [0.25, 0.3) is 0 Å². The average Bonchev–Trinajstić information content (AvgIpc) is 2.45. The van der Waals surface area contributed by atoms with Gasteiger partial charge in [0.05, 0.1) is 12.6 Å². The Morgan fingerprint density at radius 2 is 1.92 bits per heavy atom. The number of halogens is 1. The van der Waals surface area contributed by atoms with E-state index in [4.69, 9.17) is 22.3 Å². The number of aliphatic hydroxyl groups is 1. The maximum atomic E-state index is 10.4. The molecular weight excluding hydrogens is 423 g/mol. The summed E-state index contributed by atoms with van der Waals surface area (Å²) >= 11 is 2.06. The minimum Gasteiger partial charge on any atom is -0.480 e. The average molecular weight is 456 g/mol. The van der Waals surface area contributed by atoms with Gasteiger partial charge in [-0.15, -0.1) is 0 Å². The first-order valence-electron chi connectivity index (χ1n) is 8.40. The molecule has 1 aliphatic carbocycles. The lowest BCUT2D eigenvalue weighted by Crippen LogP contribution is -2.33. The van der Waals surface area contributed by atoms with E-state index in [-0.39, 0.29) is 16.0 Å². The minimum atomic E-state index is -1.01. The summed E-state index contributed by atoms with van der Waals surface area (Å²) in [6, 6.07) is -0.851. The van der Waals surface area contributed by atoms with E-state index in [9.17, 15) is 9.90 Å². The smallest absolute Gasteiger partial charge is 0.320 e. The lowest BCUT2D eigenvalue weighted by Gasteiger charge is -2.33. The second-order valence-electron chi connectivity index (χ2n) is 6.94. The highest BCUT2D eigenvalue weighted by Crippen LogP contribution is 2.33. The highest BCUT2D eigenvalue weighted by molar-refractivity contribution is 14.1. The van der Waals surface area contributed by atoms with E-state index in [1.165, 1.54) is 12.8 Å². The van der Waals surface area contributed by atoms with Gasteiger partial charge in [-0.05, 0) is 37.0 Å². The molecule has 0 heterocycles. The Balaban J connectivity index is 0.000000446. The zero-order chi connectivity index (χ0) is 18.9. The second-order valence-corrected chi connectivity index (χ2v) is 8.70. The van der Waals surface area contributed by atoms with E-state index in [1.807, 2.05) is 0 Å². The van der Waals surface area contributed by atoms with E-state index >= 15 is 0 Å². The number of aliphatic hydroxyl groups excluding tert-OH is 1. The molecule has 1 aliphatic rings. The van der Waals surface area contributed by atoms with Gasteiger partial charge in [0, 0.05) is 3.92 Å². The predicted molar refractivity (Wildman–Crippen MR) is 106 cm³/mol. The molecule has 0 aromatic heterocycles. The van der Waals surface area contributed by atoms with Crippen LogP contribution in [-0.2, 0) is 4.79 Å². The van der Waals surface area contributed by atoms with Gasteiger partial charge in [-0.1, -0.05) is 49.8 Å². The minimum absolute atomic E-state index is 0.00515. The standard InChI is InChI=1S/C10H20O.C6H13IN4O2/c1-7(2)9-5-4-8(3)6-10(9)11;7-3(2-11-6(9)10)1-4(8)5(12)13/h7-11H,4-6H2,1-3H3;3-4H,1-2,8H2,(H,12,13)(H4,9,10,11). The number of aliphatic carboxylic acids is 1. The van der Waals surface area contributed by atoms with Crippen molar-refractivity contribution in [3.05, 3.63) is 0 Å². The summed E-state index contributed by atoms with van der Waals surface area (Å²) in [6.07, 6.45) is 3.87. The number of carbonyl (C=O) groups is 1. The Bertz CT molecular complexity index is 403. The van der Waals surface area contributed by atoms with E-state index in [0.717, 1.165) is 12.3 Å². The number of hydrogen-bond donors (Lipinski definition) is 5. The van der Waals surface area contributed by atoms with Gasteiger partial charge < -0.3 is 27.4 Å². The van der Waals surface area contributed by atoms with Crippen LogP contribution >= 0.6 is 22.6 Å². The van der Waals surface area contributed by atoms with Crippen molar-refractivity contribution in [3.63, 3.8) is 0 Å². The molecule has 0 bridgehead atoms. The van der Waals surface area contributed by atoms with E-state index in [1.54, 1.807) is 0 Å². The molecule has 0 aliphatic heterocycles. The molecule has 1 rings (SSSR count). The number of guanidine groups is 1. The van der Waals surface area contributed by atoms with Crippen molar-refractivity contribution in [2.75, 3.05) is 6.54 Å². The van der Waals surface area contributed by atoms with Gasteiger partial charge in [0.1, 0.15) is 6.04 Å². The molecule has 0 amide bonds. The van der Waals surface area contributed by atoms with Crippen LogP contribution in [0.1, 0.15) is 46.5 Å². The molecule has 0 spiro atoms. The molecule has 8 heteroatoms. The van der Waals surface area contributed by atoms with Crippen molar-refractivity contribution in [1.29, 1.82) is 0 Å². The maximum absolute atomic E-state index is 10.4. The number of rotatable bonds is 6. The van der Waals surface area contributed by atoms with Crippen molar-refractivity contribution in [3.8, 4) is 0 Å². The molecule has 0 radical (unpaired) electrons. The van der Waals surface area contributed by atoms with Crippen LogP contribution in [0.2, 0.25) is 0 Å². The Hall–Kier alpha value is -0.610. The van der Waals surface area contributed by atoms with E-state index < -0.39 is 12.0 Å². The van der Waals surface area contributed by atoms with Crippen molar-refractivity contribution >= 4 is 34.5 Å². The highest BCUT2D eigenvalue weighted by Gasteiger charge is 2.28. The van der Waals surface area contributed by atoms with Gasteiger partial charge in [-0.3, -0.25) is 9.79 Å². The molecule has 5 atom stereocenters. The lowest BCUT2D eigenvalue weighted by atomic mass is 9.75. The summed E-state index contributed by atoms with van der Waals surface area (Å²) in [4.78, 5) is 14.1. The molecular formula is C16H33IN4O3. The van der Waals surface area contributed by atoms with Crippen LogP contribution in [-0.4, -0.2) is 44.8 Å². The highest BCUT2D eigenvalue weighted by atomic mass is 127. The SMILES string of the molecule is CC1CCC(C(C)C)C(O)C1.NC(N)=NCC(I)CC(N)C(=O)O. The van der Waals surface area contributed by atoms with Crippen LogP contribution in [0, 0.1) is 17.8 Å². The van der Waals surface area contributed by atoms with Gasteiger partial charge in [0.15, 0.2) is 5.96 Å². The monoisotopic (exact) mass is 456 g/mol. The fraction of sp³-hybridized carbons (Fsp3) is 0.875. The van der Waals surface area contributed by atoms with Crippen LogP contribution in [0.5, 0.6) is 0 Å². The summed E-state index contributed by atoms with van der Waals surface area (Å²) in [5.41, 5.74) is 15.5. The fourth-order valence-electron chi connectivity index (χ4n) is 2.81. The first-order valence-corrected chi connectivity index (χ1v) is 9.65. The molecule has 0 aromatic carbocycles. The van der Waals surface area contributed by atoms with Crippen LogP contribution in [0.25, 0.3) is 0 Å². The third-order valence-electron chi connectivity index (χ3n) is 4.29. The summed E-state index contributed by atoms with van der Waals surface area (Å²) in [5, 5.41) is 18.2. The Morgan fingerprint density at radius 3 is 2.33 bits per heavy atom. The molecule has 5 unspecified atom stereocenters. The van der Waals surface area contributed by atoms with Crippen LogP contribution in [0.15, 0.2) is 4.99 Å². The zero-order valence-corrected chi connectivity index (χ0v) is 17.0. The largest absolute Gasteiger partial charge is 0.480 e. The van der Waals surface area contributed by atoms with Crippen molar-refractivity contribution < 1.29 is 15.0 Å². The predicted octanol–water partition coefficient (Wildman–Crippen LogP) is 1.30. The maximum Gasteiger partial charge on any atom is 0.320 e. The summed E-state index contributed by atoms with van der Waals surface area (Å²) in [7, 11) is 0. The van der Waals surface area contributed by atoms with Crippen LogP contribution in [0.4, 0.5) is 0 Å². The van der Waals surface area contributed by atoms with Crippen LogP contribution < -0.4 is 17.2 Å². The van der Waals surface area contributed by atoms with E-state index in [2.05, 4.69) is 48.4 Å². The van der Waals surface area contributed by atoms with Crippen LogP contribution in [0.3, 0.4) is 0 Å². The fourth-order valence-corrected chi connectivity index (χ4v) is 3.55. The molecule has 0 aromatic rings. The van der Waals surface area contributed by atoms with Gasteiger partial charge in [0.2, 0.25) is 0 Å². The Kier molecular flexibility index (Phi) is 11.6. The first-order chi connectivity index (χ1) is 11.0. The zero-order valence-electron chi connectivity index (χ0n) is 14.9. The number of nitrogens with two attached hydrogens (primary N) is 3. The summed E-state index contributed by atoms with van der Waals surface area (Å²) in [6.45, 7) is 7.05. The molecule has 7 nitrogen and oxygen atoms in total. The van der Waals surface area contributed by atoms with Gasteiger partial charge in [-0.2, -0.15) is 0 Å². The third-order valence-corrected chi connectivity index (χ3v) is 5.19. The number of carboxylic acids is 1. The molecule has 8 N–H and O–H groups in total. The number of aliphatic imine (C=N–C) groups is 1. The second kappa shape index (κ2) is 11.9. The van der Waals surface area contributed by atoms with Crippen molar-refractivity contribution in [2.45, 2.75) is 62.5 Å². The topological polar surface area (TPSA) is 148 Å². The summed E-state index contributed by atoms with van der Waals surface area (Å²) in [5.74, 6) is 0.945. The number of carboxylic acid groups (broad SMARTS) is 1. The Labute approximate surface area is 158 Å². The van der Waals surface area contributed by atoms with E-state index in [0.29, 0.717) is 24.8 Å². The number of hydrogen-bond acceptors (Lipinski definition) is 4. The lowest BCUT2D eigenvalue weighted by molar-refractivity contribution is -0.138. The van der Waals surface area contributed by atoms with Gasteiger partial charge >= 0.3 is 5.97 Å². The first kappa shape index (κ1) is 23.4. The molecule has 24 heavy (non-hydrogen) atoms. The van der Waals surface area contributed by atoms with Crippen molar-refractivity contribution in [1.82, 2.24) is 0 Å². The summed E-state index contributed by atoms with van der Waals surface area (Å²) < 4.78 is 0.0331. The third kappa shape index (κ3) is 10.3. The number of nitrogens with zero attached hydrogens (tertiary/aromatic N) is 1. The number of alkyl halides is 1. The Morgan fingerprint density at radius 1 is 1.33 bits per heavy atom. The molecule has 1 fully saturated rings. The molecule has 1 saturated carbocycles. The molecule has 0 saturated heterocycles. The molecule has 142 valence electrons. The van der Waals surface area contributed by atoms with Gasteiger partial charge in [-0.25, -0.2) is 0 Å².